The number of alkyl halides is 9. The zero-order valence-corrected chi connectivity index (χ0v) is 68.7. The molecule has 0 radical (unpaired) electrons. The van der Waals surface area contributed by atoms with Crippen molar-refractivity contribution < 1.29 is 61.4 Å². The van der Waals surface area contributed by atoms with Crippen LogP contribution >= 0.6 is 0 Å². The number of nitrogens with zero attached hydrogens (tertiary/aromatic N) is 6. The summed E-state index contributed by atoms with van der Waals surface area (Å²) >= 11 is 0. The first-order valence-corrected chi connectivity index (χ1v) is 41.6. The summed E-state index contributed by atoms with van der Waals surface area (Å²) in [7, 11) is -7.47. The highest BCUT2D eigenvalue weighted by molar-refractivity contribution is 7.88. The van der Waals surface area contributed by atoms with Crippen LogP contribution < -0.4 is 9.65 Å². The molecule has 0 bridgehead atoms. The Morgan fingerprint density at radius 1 is 0.302 bits per heavy atom. The molecule has 1 saturated heterocycles. The first kappa shape index (κ1) is 83.9. The van der Waals surface area contributed by atoms with E-state index in [0.717, 1.165) is 118 Å². The van der Waals surface area contributed by atoms with E-state index in [4.69, 9.17) is 29.2 Å². The predicted molar refractivity (Wildman–Crippen MR) is 482 cm³/mol. The number of hydrogen-bond donors (Lipinski definition) is 0. The van der Waals surface area contributed by atoms with Gasteiger partial charge in [0.1, 0.15) is 0 Å². The molecule has 0 aliphatic carbocycles. The molecule has 0 atom stereocenters. The van der Waals surface area contributed by atoms with Crippen molar-refractivity contribution in [2.45, 2.75) is 62.2 Å². The average molecular weight is 1700 g/mol. The van der Waals surface area contributed by atoms with Gasteiger partial charge in [-0.3, -0.25) is 9.97 Å². The third-order valence-corrected chi connectivity index (χ3v) is 23.9. The second-order valence-corrected chi connectivity index (χ2v) is 32.7. The molecule has 126 heavy (non-hydrogen) atoms. The summed E-state index contributed by atoms with van der Waals surface area (Å²) < 4.78 is 162. The minimum atomic E-state index is -7.43. The van der Waals surface area contributed by atoms with E-state index in [1.54, 1.807) is 30.3 Å². The standard InChI is InChI=1S/C47H31N3.C36H21F9N2O3S.C21H22BNO2/c1-3-11-35(12-4-1)44-31-45(50-47(49-44)38-13-5-2-6-14-38)36-28-26-33(27-29-36)40-18-9-20-42-39(17-8-21-43(40)42)32-22-24-34(25-23-32)41-19-7-15-37-16-10-30-48-46(37)41;37-33(38,35(41,42)43)34(39,40)36(44,45)51(48,49)50-31-16-8-14-27-26(13-7-15-28(27)31)22-17-19-24(20-18-22)30-21-29(23-9-3-1-4-10-23)46-32(47-30)25-11-5-2-6-12-25;1-20(2)21(3,4)25-22(24-20)17-12-10-15(11-13-17)18-9-5-7-16-8-6-14-23-19(16)18/h1-31H;1-21H;5-14H,1-4H3. The third-order valence-electron chi connectivity index (χ3n) is 22.6. The van der Waals surface area contributed by atoms with Crippen LogP contribution in [-0.2, 0) is 19.4 Å². The van der Waals surface area contributed by atoms with Gasteiger partial charge in [-0.1, -0.05) is 334 Å². The zero-order valence-electron chi connectivity index (χ0n) is 67.9. The van der Waals surface area contributed by atoms with Crippen LogP contribution in [0.15, 0.2) is 376 Å². The van der Waals surface area contributed by atoms with Gasteiger partial charge in [0.15, 0.2) is 17.4 Å². The molecule has 22 heteroatoms. The Bertz CT molecular complexity index is 7010. The molecular formula is C104H74BF9N6O5S. The molecular weight excluding hydrogens is 1630 g/mol. The van der Waals surface area contributed by atoms with E-state index in [1.165, 1.54) is 39.6 Å². The number of hydrogen-bond acceptors (Lipinski definition) is 11. The second-order valence-electron chi connectivity index (χ2n) is 31.2. The van der Waals surface area contributed by atoms with Crippen molar-refractivity contribution in [2.75, 3.05) is 0 Å². The van der Waals surface area contributed by atoms with Crippen LogP contribution in [0.4, 0.5) is 39.5 Å². The van der Waals surface area contributed by atoms with Crippen molar-refractivity contribution in [3.05, 3.63) is 376 Å². The molecule has 1 aliphatic rings. The highest BCUT2D eigenvalue weighted by atomic mass is 32.2. The number of rotatable bonds is 17. The van der Waals surface area contributed by atoms with Gasteiger partial charge in [-0.05, 0) is 124 Å². The SMILES string of the molecule is CC1(C)OB(c2ccc(-c3cccc4cccnc34)cc2)OC1(C)C.O=S(=O)(Oc1cccc2c(-c3ccc(-c4cc(-c5ccccc5)nc(-c5ccccc5)n4)cc3)cccc12)C(F)(F)C(F)(F)C(F)(F)C(F)(F)F.c1ccc(-c2cc(-c3ccc(-c4cccc5c(-c6ccc(-c7cccc8cccnc78)cc6)cccc45)cc3)nc(-c3ccccc3)n2)cc1. The lowest BCUT2D eigenvalue weighted by Crippen LogP contribution is -2.63. The van der Waals surface area contributed by atoms with Gasteiger partial charge in [0.2, 0.25) is 0 Å². The summed E-state index contributed by atoms with van der Waals surface area (Å²) in [6.07, 6.45) is -3.51. The smallest absolute Gasteiger partial charge is 0.399 e. The summed E-state index contributed by atoms with van der Waals surface area (Å²) in [6, 6.07) is 117. The van der Waals surface area contributed by atoms with E-state index in [-0.39, 0.29) is 29.1 Å². The molecule has 0 unspecified atom stereocenters. The summed E-state index contributed by atoms with van der Waals surface area (Å²) in [4.78, 5) is 28.7. The topological polar surface area (TPSA) is 139 Å². The first-order valence-electron chi connectivity index (χ1n) is 40.2. The quantitative estimate of drug-likeness (QED) is 0.0489. The van der Waals surface area contributed by atoms with Crippen molar-refractivity contribution >= 4 is 66.1 Å². The molecule has 14 aromatic carbocycles. The summed E-state index contributed by atoms with van der Waals surface area (Å²) in [6.45, 7) is 8.29. The Labute approximate surface area is 720 Å². The second kappa shape index (κ2) is 34.1. The molecule has 19 rings (SSSR count). The van der Waals surface area contributed by atoms with Crippen LogP contribution in [0.2, 0.25) is 0 Å². The number of aromatic nitrogens is 6. The summed E-state index contributed by atoms with van der Waals surface area (Å²) in [5.74, 6) is -14.7. The van der Waals surface area contributed by atoms with E-state index < -0.39 is 39.1 Å². The van der Waals surface area contributed by atoms with Crippen LogP contribution in [-0.4, -0.2) is 79.9 Å². The largest absolute Gasteiger partial charge is 0.494 e. The van der Waals surface area contributed by atoms with Crippen LogP contribution in [0.1, 0.15) is 27.7 Å². The van der Waals surface area contributed by atoms with E-state index in [9.17, 15) is 47.9 Å². The lowest BCUT2D eigenvalue weighted by Gasteiger charge is -2.32. The van der Waals surface area contributed by atoms with Gasteiger partial charge < -0.3 is 13.5 Å². The van der Waals surface area contributed by atoms with Crippen LogP contribution in [0, 0.1) is 0 Å². The molecule has 0 amide bonds. The van der Waals surface area contributed by atoms with Crippen LogP contribution in [0.5, 0.6) is 5.75 Å². The number of para-hydroxylation sites is 2. The zero-order chi connectivity index (χ0) is 87.8. The molecule has 622 valence electrons. The Kier molecular flexibility index (Phi) is 22.7. The normalized spacial score (nSPS) is 13.4. The van der Waals surface area contributed by atoms with E-state index in [1.807, 2.05) is 128 Å². The van der Waals surface area contributed by atoms with Gasteiger partial charge in [-0.2, -0.15) is 47.9 Å². The van der Waals surface area contributed by atoms with Gasteiger partial charge in [-0.15, -0.1) is 0 Å². The van der Waals surface area contributed by atoms with Crippen molar-refractivity contribution in [1.29, 1.82) is 0 Å². The summed E-state index contributed by atoms with van der Waals surface area (Å²) in [5, 5.41) is -2.36. The van der Waals surface area contributed by atoms with Crippen molar-refractivity contribution in [2.24, 2.45) is 0 Å². The van der Waals surface area contributed by atoms with Crippen molar-refractivity contribution in [3.8, 4) is 129 Å². The highest BCUT2D eigenvalue weighted by Gasteiger charge is 2.86. The number of pyridine rings is 2. The fraction of sp³-hybridized carbons (Fsp3) is 0.0962. The van der Waals surface area contributed by atoms with E-state index in [0.29, 0.717) is 33.9 Å². The monoisotopic (exact) mass is 1700 g/mol. The minimum absolute atomic E-state index is 0.147. The molecule has 0 spiro atoms. The molecule has 11 nitrogen and oxygen atoms in total. The molecule has 1 aliphatic heterocycles. The van der Waals surface area contributed by atoms with Crippen LogP contribution in [0.25, 0.3) is 167 Å². The number of halogens is 9. The Balaban J connectivity index is 0.000000141. The van der Waals surface area contributed by atoms with E-state index >= 15 is 0 Å². The molecule has 1 fully saturated rings. The van der Waals surface area contributed by atoms with Crippen LogP contribution in [0.3, 0.4) is 0 Å². The molecule has 5 heterocycles. The summed E-state index contributed by atoms with van der Waals surface area (Å²) in [5.41, 5.74) is 21.1. The van der Waals surface area contributed by atoms with Gasteiger partial charge >= 0.3 is 40.5 Å². The number of benzene rings is 14. The molecule has 0 saturated carbocycles. The fourth-order valence-electron chi connectivity index (χ4n) is 15.2. The van der Waals surface area contributed by atoms with Crippen molar-refractivity contribution in [3.63, 3.8) is 0 Å². The average Bonchev–Trinajstić information content (AvgIpc) is 0.916. The lowest BCUT2D eigenvalue weighted by molar-refractivity contribution is -0.382. The highest BCUT2D eigenvalue weighted by Crippen LogP contribution is 2.56. The first-order chi connectivity index (χ1) is 60.6. The minimum Gasteiger partial charge on any atom is -0.399 e. The Morgan fingerprint density at radius 3 is 0.968 bits per heavy atom. The maximum absolute atomic E-state index is 14.4. The Morgan fingerprint density at radius 2 is 0.595 bits per heavy atom. The maximum Gasteiger partial charge on any atom is 0.494 e. The van der Waals surface area contributed by atoms with Gasteiger partial charge in [0, 0.05) is 73.1 Å². The maximum atomic E-state index is 14.4. The van der Waals surface area contributed by atoms with Crippen molar-refractivity contribution in [1.82, 2.24) is 29.9 Å². The number of fused-ring (bicyclic) bond motifs is 4. The predicted octanol–water partition coefficient (Wildman–Crippen LogP) is 26.8. The fourth-order valence-corrected chi connectivity index (χ4v) is 16.1. The lowest BCUT2D eigenvalue weighted by atomic mass is 9.78. The molecule has 18 aromatic rings. The Hall–Kier alpha value is -14.3. The molecule has 4 aromatic heterocycles. The van der Waals surface area contributed by atoms with E-state index in [2.05, 4.69) is 230 Å². The molecule has 0 N–H and O–H groups in total. The third kappa shape index (κ3) is 16.6. The van der Waals surface area contributed by atoms with Gasteiger partial charge in [0.25, 0.3) is 0 Å². The van der Waals surface area contributed by atoms with Gasteiger partial charge in [0.05, 0.1) is 45.0 Å². The van der Waals surface area contributed by atoms with Gasteiger partial charge in [-0.25, -0.2) is 19.9 Å².